The molecule has 1 amide bonds. The fraction of sp³-hybridized carbons (Fsp3) is 0.385. The lowest BCUT2D eigenvalue weighted by molar-refractivity contribution is -0.131. The smallest absolute Gasteiger partial charge is 0.239 e. The molecule has 0 fully saturated rings. The fourth-order valence-electron chi connectivity index (χ4n) is 2.70. The van der Waals surface area contributed by atoms with Crippen LogP contribution >= 0.6 is 12.4 Å². The van der Waals surface area contributed by atoms with Gasteiger partial charge in [0.15, 0.2) is 0 Å². The first kappa shape index (κ1) is 13.8. The molecule has 1 aliphatic rings. The number of nitrogens with zero attached hydrogens (tertiary/aromatic N) is 2. The van der Waals surface area contributed by atoms with E-state index >= 15 is 0 Å². The lowest BCUT2D eigenvalue weighted by atomic mass is 9.96. The molecule has 2 aromatic rings. The van der Waals surface area contributed by atoms with Crippen molar-refractivity contribution >= 4 is 29.2 Å². The molecular formula is C13H17ClN4O. The van der Waals surface area contributed by atoms with Crippen molar-refractivity contribution < 1.29 is 4.79 Å². The largest absolute Gasteiger partial charge is 0.340 e. The molecule has 0 spiro atoms. The first-order valence-corrected chi connectivity index (χ1v) is 6.03. The summed E-state index contributed by atoms with van der Waals surface area (Å²) >= 11 is 0. The highest BCUT2D eigenvalue weighted by molar-refractivity contribution is 5.89. The van der Waals surface area contributed by atoms with E-state index in [0.29, 0.717) is 13.0 Å². The zero-order chi connectivity index (χ0) is 12.9. The van der Waals surface area contributed by atoms with Crippen molar-refractivity contribution in [2.45, 2.75) is 25.9 Å². The minimum absolute atomic E-state index is 0. The summed E-state index contributed by atoms with van der Waals surface area (Å²) < 4.78 is 0. The molecule has 1 aliphatic heterocycles. The van der Waals surface area contributed by atoms with Crippen LogP contribution in [0.2, 0.25) is 0 Å². The van der Waals surface area contributed by atoms with Crippen LogP contribution in [-0.2, 0) is 17.8 Å². The van der Waals surface area contributed by atoms with Crippen molar-refractivity contribution in [1.82, 2.24) is 15.1 Å². The van der Waals surface area contributed by atoms with Gasteiger partial charge in [0, 0.05) is 19.0 Å². The summed E-state index contributed by atoms with van der Waals surface area (Å²) in [6.07, 6.45) is 2.43. The summed E-state index contributed by atoms with van der Waals surface area (Å²) in [6.45, 7) is 2.64. The molecule has 3 N–H and O–H groups in total. The van der Waals surface area contributed by atoms with Crippen LogP contribution in [0, 0.1) is 6.92 Å². The quantitative estimate of drug-likeness (QED) is 0.760. The summed E-state index contributed by atoms with van der Waals surface area (Å²) in [5, 5.41) is 8.21. The van der Waals surface area contributed by atoms with Crippen LogP contribution in [0.5, 0.6) is 0 Å². The average Bonchev–Trinajstić information content (AvgIpc) is 2.78. The number of rotatable bonds is 0. The number of benzene rings is 1. The summed E-state index contributed by atoms with van der Waals surface area (Å²) in [6, 6.07) is 1.67. The molecule has 1 atom stereocenters. The van der Waals surface area contributed by atoms with Gasteiger partial charge in [-0.3, -0.25) is 9.89 Å². The van der Waals surface area contributed by atoms with Crippen molar-refractivity contribution in [1.29, 1.82) is 0 Å². The van der Waals surface area contributed by atoms with Crippen molar-refractivity contribution in [2.24, 2.45) is 5.73 Å². The molecule has 19 heavy (non-hydrogen) atoms. The topological polar surface area (TPSA) is 75.0 Å². The van der Waals surface area contributed by atoms with Gasteiger partial charge in [0.25, 0.3) is 0 Å². The van der Waals surface area contributed by atoms with Gasteiger partial charge in [0.05, 0.1) is 17.8 Å². The summed E-state index contributed by atoms with van der Waals surface area (Å²) in [5.41, 5.74) is 10.4. The highest BCUT2D eigenvalue weighted by Gasteiger charge is 2.26. The molecule has 2 heterocycles. The van der Waals surface area contributed by atoms with Gasteiger partial charge in [-0.1, -0.05) is 6.07 Å². The minimum Gasteiger partial charge on any atom is -0.340 e. The second-order valence-electron chi connectivity index (χ2n) is 4.99. The zero-order valence-electron chi connectivity index (χ0n) is 10.9. The first-order chi connectivity index (χ1) is 8.58. The van der Waals surface area contributed by atoms with Gasteiger partial charge >= 0.3 is 0 Å². The summed E-state index contributed by atoms with van der Waals surface area (Å²) in [4.78, 5) is 13.6. The molecular weight excluding hydrogens is 264 g/mol. The first-order valence-electron chi connectivity index (χ1n) is 6.03. The number of halogens is 1. The molecule has 0 saturated heterocycles. The van der Waals surface area contributed by atoms with Gasteiger partial charge in [-0.05, 0) is 30.0 Å². The summed E-state index contributed by atoms with van der Waals surface area (Å²) in [7, 11) is 1.79. The highest BCUT2D eigenvalue weighted by atomic mass is 35.5. The van der Waals surface area contributed by atoms with Crippen molar-refractivity contribution in [3.05, 3.63) is 29.0 Å². The lowest BCUT2D eigenvalue weighted by Gasteiger charge is -2.17. The van der Waals surface area contributed by atoms with Crippen molar-refractivity contribution in [3.63, 3.8) is 0 Å². The number of carbonyl (C=O) groups excluding carboxylic acids is 1. The van der Waals surface area contributed by atoms with Crippen molar-refractivity contribution in [3.8, 4) is 0 Å². The molecule has 1 aromatic heterocycles. The molecule has 0 saturated carbocycles. The van der Waals surface area contributed by atoms with Crippen molar-refractivity contribution in [2.75, 3.05) is 7.05 Å². The number of fused-ring (bicyclic) bond motifs is 3. The number of aryl methyl sites for hydroxylation is 1. The molecule has 102 valence electrons. The molecule has 0 aliphatic carbocycles. The van der Waals surface area contributed by atoms with Crippen LogP contribution in [0.15, 0.2) is 12.3 Å². The van der Waals surface area contributed by atoms with E-state index in [1.54, 1.807) is 11.9 Å². The third kappa shape index (κ3) is 2.09. The van der Waals surface area contributed by atoms with Crippen LogP contribution < -0.4 is 5.73 Å². The lowest BCUT2D eigenvalue weighted by Crippen LogP contribution is -2.40. The van der Waals surface area contributed by atoms with Gasteiger partial charge in [-0.2, -0.15) is 5.10 Å². The normalized spacial score (nSPS) is 19.0. The number of nitrogens with two attached hydrogens (primary N) is 1. The number of aromatic amines is 1. The maximum Gasteiger partial charge on any atom is 0.239 e. The molecule has 1 unspecified atom stereocenters. The number of hydrogen-bond donors (Lipinski definition) is 2. The number of hydrogen-bond acceptors (Lipinski definition) is 3. The Labute approximate surface area is 117 Å². The van der Waals surface area contributed by atoms with E-state index in [0.717, 1.165) is 27.6 Å². The van der Waals surface area contributed by atoms with E-state index in [1.165, 1.54) is 0 Å². The van der Waals surface area contributed by atoms with E-state index < -0.39 is 6.04 Å². The maximum atomic E-state index is 12.0. The molecule has 1 aromatic carbocycles. The Morgan fingerprint density at radius 1 is 1.53 bits per heavy atom. The molecule has 0 radical (unpaired) electrons. The number of nitrogens with one attached hydrogen (secondary N) is 1. The van der Waals surface area contributed by atoms with Crippen LogP contribution in [0.1, 0.15) is 16.7 Å². The third-order valence-electron chi connectivity index (χ3n) is 3.67. The highest BCUT2D eigenvalue weighted by Crippen LogP contribution is 2.28. The predicted octanol–water partition coefficient (Wildman–Crippen LogP) is 1.13. The van der Waals surface area contributed by atoms with E-state index in [2.05, 4.69) is 16.3 Å². The SMILES string of the molecule is Cc1cc2c(c3cn[nH]c13)CN(C)C(=O)C(N)C2.Cl. The number of H-pyrrole nitrogens is 1. The van der Waals surface area contributed by atoms with E-state index in [4.69, 9.17) is 5.73 Å². The number of amides is 1. The second-order valence-corrected chi connectivity index (χ2v) is 4.99. The Balaban J connectivity index is 0.00000133. The van der Waals surface area contributed by atoms with Gasteiger partial charge in [0.2, 0.25) is 5.91 Å². The Morgan fingerprint density at radius 3 is 3.00 bits per heavy atom. The Morgan fingerprint density at radius 2 is 2.26 bits per heavy atom. The van der Waals surface area contributed by atoms with E-state index in [1.807, 2.05) is 13.1 Å². The molecule has 6 heteroatoms. The molecule has 5 nitrogen and oxygen atoms in total. The maximum absolute atomic E-state index is 12.0. The Hall–Kier alpha value is -1.59. The van der Waals surface area contributed by atoms with Gasteiger partial charge < -0.3 is 10.6 Å². The Bertz CT molecular complexity index is 637. The van der Waals surface area contributed by atoms with Crippen LogP contribution in [0.3, 0.4) is 0 Å². The zero-order valence-corrected chi connectivity index (χ0v) is 11.8. The average molecular weight is 281 g/mol. The van der Waals surface area contributed by atoms with E-state index in [9.17, 15) is 4.79 Å². The minimum atomic E-state index is -0.444. The second kappa shape index (κ2) is 4.83. The van der Waals surface area contributed by atoms with E-state index in [-0.39, 0.29) is 18.3 Å². The van der Waals surface area contributed by atoms with Crippen LogP contribution in [-0.4, -0.2) is 34.1 Å². The monoisotopic (exact) mass is 280 g/mol. The predicted molar refractivity (Wildman–Crippen MR) is 76.2 cm³/mol. The summed E-state index contributed by atoms with van der Waals surface area (Å²) in [5.74, 6) is 0.000461. The van der Waals surface area contributed by atoms with Gasteiger partial charge in [-0.15, -0.1) is 12.4 Å². The number of likely N-dealkylation sites (N-methyl/N-ethyl adjacent to an activating group) is 1. The third-order valence-corrected chi connectivity index (χ3v) is 3.67. The standard InChI is InChI=1S/C13H16N4O.ClH/c1-7-3-8-4-11(14)13(18)17(2)6-10(8)9-5-15-16-12(7)9;/h3,5,11H,4,6,14H2,1-2H3,(H,15,16);1H. The fourth-order valence-corrected chi connectivity index (χ4v) is 2.70. The number of aromatic nitrogens is 2. The van der Waals surface area contributed by atoms with Gasteiger partial charge in [0.1, 0.15) is 0 Å². The number of carbonyl (C=O) groups is 1. The van der Waals surface area contributed by atoms with Crippen LogP contribution in [0.4, 0.5) is 0 Å². The van der Waals surface area contributed by atoms with Crippen LogP contribution in [0.25, 0.3) is 10.9 Å². The van der Waals surface area contributed by atoms with Gasteiger partial charge in [-0.25, -0.2) is 0 Å². The Kier molecular flexibility index (Phi) is 3.52. The molecule has 3 rings (SSSR count). The molecule has 0 bridgehead atoms.